The summed E-state index contributed by atoms with van der Waals surface area (Å²) < 4.78 is 16.3. The first kappa shape index (κ1) is 19.4. The molecular weight excluding hydrogens is 280 g/mol. The molecule has 4 heteroatoms. The van der Waals surface area contributed by atoms with Crippen molar-refractivity contribution < 1.29 is 19.0 Å². The molecule has 0 aromatic heterocycles. The van der Waals surface area contributed by atoms with Crippen LogP contribution in [0.4, 0.5) is 0 Å². The summed E-state index contributed by atoms with van der Waals surface area (Å²) in [4.78, 5) is 11.7. The molecule has 1 aliphatic rings. The fourth-order valence-corrected chi connectivity index (χ4v) is 2.63. The minimum Gasteiger partial charge on any atom is -0.463 e. The Morgan fingerprint density at radius 3 is 2.36 bits per heavy atom. The number of esters is 1. The van der Waals surface area contributed by atoms with Gasteiger partial charge >= 0.3 is 5.97 Å². The molecule has 1 saturated heterocycles. The number of hydrogen-bond donors (Lipinski definition) is 0. The van der Waals surface area contributed by atoms with Crippen molar-refractivity contribution in [2.24, 2.45) is 5.92 Å². The summed E-state index contributed by atoms with van der Waals surface area (Å²) in [6, 6.07) is 0. The summed E-state index contributed by atoms with van der Waals surface area (Å²) in [6.45, 7) is 9.09. The summed E-state index contributed by atoms with van der Waals surface area (Å²) >= 11 is 0. The Balaban J connectivity index is 1.89. The van der Waals surface area contributed by atoms with Gasteiger partial charge in [-0.3, -0.25) is 4.79 Å². The molecule has 4 nitrogen and oxygen atoms in total. The zero-order valence-electron chi connectivity index (χ0n) is 14.9. The maximum absolute atomic E-state index is 11.7. The number of unbranched alkanes of at least 4 members (excludes halogenated alkanes) is 5. The van der Waals surface area contributed by atoms with E-state index >= 15 is 0 Å². The van der Waals surface area contributed by atoms with Crippen LogP contribution in [-0.2, 0) is 19.0 Å². The molecule has 1 fully saturated rings. The maximum atomic E-state index is 11.7. The normalized spacial score (nSPS) is 20.5. The van der Waals surface area contributed by atoms with Gasteiger partial charge in [0.25, 0.3) is 0 Å². The molecule has 1 unspecified atom stereocenters. The average Bonchev–Trinajstić information content (AvgIpc) is 2.78. The molecule has 0 aliphatic carbocycles. The molecule has 0 radical (unpaired) electrons. The molecule has 1 heterocycles. The van der Waals surface area contributed by atoms with Crippen molar-refractivity contribution in [2.75, 3.05) is 13.2 Å². The monoisotopic (exact) mass is 314 g/mol. The van der Waals surface area contributed by atoms with Gasteiger partial charge in [0.1, 0.15) is 12.7 Å². The topological polar surface area (TPSA) is 44.8 Å². The van der Waals surface area contributed by atoms with Gasteiger partial charge in [0, 0.05) is 6.42 Å². The lowest BCUT2D eigenvalue weighted by Gasteiger charge is -2.16. The molecule has 1 atom stereocenters. The Labute approximate surface area is 135 Å². The largest absolute Gasteiger partial charge is 0.463 e. The summed E-state index contributed by atoms with van der Waals surface area (Å²) in [7, 11) is 0. The van der Waals surface area contributed by atoms with Gasteiger partial charge in [-0.2, -0.15) is 0 Å². The number of carbonyl (C=O) groups is 1. The number of hydrogen-bond acceptors (Lipinski definition) is 4. The van der Waals surface area contributed by atoms with Crippen molar-refractivity contribution in [3.63, 3.8) is 0 Å². The molecule has 0 spiro atoms. The molecule has 0 amide bonds. The molecule has 0 aromatic rings. The Hall–Kier alpha value is -0.610. The molecule has 1 rings (SSSR count). The lowest BCUT2D eigenvalue weighted by molar-refractivity contribution is -0.158. The van der Waals surface area contributed by atoms with E-state index in [4.69, 9.17) is 14.2 Å². The Morgan fingerprint density at radius 2 is 1.77 bits per heavy atom. The predicted octanol–water partition coefficient (Wildman–Crippen LogP) is 4.46. The maximum Gasteiger partial charge on any atom is 0.305 e. The highest BCUT2D eigenvalue weighted by Gasteiger charge is 2.33. The lowest BCUT2D eigenvalue weighted by Crippen LogP contribution is -2.25. The fraction of sp³-hybridized carbons (Fsp3) is 0.944. The third-order valence-electron chi connectivity index (χ3n) is 3.91. The third kappa shape index (κ3) is 9.42. The summed E-state index contributed by atoms with van der Waals surface area (Å²) in [6.07, 6.45) is 8.92. The fourth-order valence-electron chi connectivity index (χ4n) is 2.63. The van der Waals surface area contributed by atoms with Gasteiger partial charge < -0.3 is 14.2 Å². The van der Waals surface area contributed by atoms with Crippen LogP contribution in [0.15, 0.2) is 0 Å². The van der Waals surface area contributed by atoms with Crippen LogP contribution in [-0.4, -0.2) is 31.1 Å². The van der Waals surface area contributed by atoms with Crippen LogP contribution in [0.25, 0.3) is 0 Å². The third-order valence-corrected chi connectivity index (χ3v) is 3.91. The minimum absolute atomic E-state index is 0.117. The van der Waals surface area contributed by atoms with E-state index in [-0.39, 0.29) is 12.1 Å². The molecule has 1 aliphatic heterocycles. The first-order chi connectivity index (χ1) is 10.4. The SMILES string of the molecule is CC(C)CCCCCCCCC(=O)OCC1COC(C)(C)O1. The van der Waals surface area contributed by atoms with E-state index < -0.39 is 5.79 Å². The molecule has 22 heavy (non-hydrogen) atoms. The van der Waals surface area contributed by atoms with Crippen LogP contribution < -0.4 is 0 Å². The molecule has 0 saturated carbocycles. The van der Waals surface area contributed by atoms with Gasteiger partial charge in [0.05, 0.1) is 6.61 Å². The predicted molar refractivity (Wildman–Crippen MR) is 87.6 cm³/mol. The molecular formula is C18H34O4. The van der Waals surface area contributed by atoms with E-state index in [1.165, 1.54) is 32.1 Å². The quantitative estimate of drug-likeness (QED) is 0.417. The van der Waals surface area contributed by atoms with Gasteiger partial charge in [0.15, 0.2) is 5.79 Å². The second-order valence-electron chi connectivity index (χ2n) is 7.19. The van der Waals surface area contributed by atoms with Crippen molar-refractivity contribution in [3.8, 4) is 0 Å². The van der Waals surface area contributed by atoms with Gasteiger partial charge in [-0.25, -0.2) is 0 Å². The Kier molecular flexibility index (Phi) is 9.03. The smallest absolute Gasteiger partial charge is 0.305 e. The van der Waals surface area contributed by atoms with Crippen molar-refractivity contribution in [2.45, 2.75) is 91.0 Å². The zero-order valence-corrected chi connectivity index (χ0v) is 14.9. The van der Waals surface area contributed by atoms with E-state index in [0.29, 0.717) is 19.6 Å². The van der Waals surface area contributed by atoms with Crippen molar-refractivity contribution in [1.29, 1.82) is 0 Å². The van der Waals surface area contributed by atoms with Gasteiger partial charge in [-0.05, 0) is 26.2 Å². The Morgan fingerprint density at radius 1 is 1.14 bits per heavy atom. The van der Waals surface area contributed by atoms with E-state index in [0.717, 1.165) is 18.8 Å². The van der Waals surface area contributed by atoms with Gasteiger partial charge in [0.2, 0.25) is 0 Å². The second kappa shape index (κ2) is 10.2. The van der Waals surface area contributed by atoms with Crippen LogP contribution in [0.1, 0.15) is 79.1 Å². The average molecular weight is 314 g/mol. The van der Waals surface area contributed by atoms with E-state index in [9.17, 15) is 4.79 Å². The van der Waals surface area contributed by atoms with Crippen LogP contribution >= 0.6 is 0 Å². The standard InChI is InChI=1S/C18H34O4/c1-15(2)11-9-7-5-6-8-10-12-17(19)20-13-16-14-21-18(3,4)22-16/h15-16H,5-14H2,1-4H3. The highest BCUT2D eigenvalue weighted by molar-refractivity contribution is 5.69. The molecule has 130 valence electrons. The summed E-state index contributed by atoms with van der Waals surface area (Å²) in [5, 5.41) is 0. The first-order valence-corrected chi connectivity index (χ1v) is 8.86. The molecule has 0 aromatic carbocycles. The van der Waals surface area contributed by atoms with Crippen LogP contribution in [0, 0.1) is 5.92 Å². The lowest BCUT2D eigenvalue weighted by atomic mass is 10.0. The highest BCUT2D eigenvalue weighted by Crippen LogP contribution is 2.22. The van der Waals surface area contributed by atoms with E-state index in [2.05, 4.69) is 13.8 Å². The van der Waals surface area contributed by atoms with Crippen LogP contribution in [0.3, 0.4) is 0 Å². The van der Waals surface area contributed by atoms with Crippen molar-refractivity contribution in [1.82, 2.24) is 0 Å². The number of ether oxygens (including phenoxy) is 3. The van der Waals surface area contributed by atoms with Crippen LogP contribution in [0.2, 0.25) is 0 Å². The summed E-state index contributed by atoms with van der Waals surface area (Å²) in [5.74, 6) is 0.148. The van der Waals surface area contributed by atoms with Crippen molar-refractivity contribution >= 4 is 5.97 Å². The van der Waals surface area contributed by atoms with Gasteiger partial charge in [-0.1, -0.05) is 52.4 Å². The number of carbonyl (C=O) groups excluding carboxylic acids is 1. The zero-order chi connectivity index (χ0) is 16.4. The van der Waals surface area contributed by atoms with Gasteiger partial charge in [-0.15, -0.1) is 0 Å². The van der Waals surface area contributed by atoms with E-state index in [1.54, 1.807) is 0 Å². The molecule has 0 bridgehead atoms. The molecule has 0 N–H and O–H groups in total. The minimum atomic E-state index is -0.549. The van der Waals surface area contributed by atoms with Crippen LogP contribution in [0.5, 0.6) is 0 Å². The second-order valence-corrected chi connectivity index (χ2v) is 7.19. The highest BCUT2D eigenvalue weighted by atomic mass is 16.7. The Bertz CT molecular complexity index is 312. The first-order valence-electron chi connectivity index (χ1n) is 8.86. The van der Waals surface area contributed by atoms with Crippen molar-refractivity contribution in [3.05, 3.63) is 0 Å². The summed E-state index contributed by atoms with van der Waals surface area (Å²) in [5.41, 5.74) is 0. The van der Waals surface area contributed by atoms with E-state index in [1.807, 2.05) is 13.8 Å². The number of rotatable bonds is 11.